The zero-order chi connectivity index (χ0) is 19.9. The third-order valence-corrected chi connectivity index (χ3v) is 7.08. The number of nitrogens with one attached hydrogen (secondary N) is 1. The van der Waals surface area contributed by atoms with Gasteiger partial charge in [0.15, 0.2) is 5.79 Å². The molecule has 1 aliphatic carbocycles. The zero-order valence-corrected chi connectivity index (χ0v) is 17.1. The number of esters is 1. The number of hydrogen-bond donors (Lipinski definition) is 2. The fourth-order valence-electron chi connectivity index (χ4n) is 4.83. The van der Waals surface area contributed by atoms with E-state index in [4.69, 9.17) is 9.47 Å². The van der Waals surface area contributed by atoms with E-state index in [-0.39, 0.29) is 24.2 Å². The molecule has 27 heavy (non-hydrogen) atoms. The summed E-state index contributed by atoms with van der Waals surface area (Å²) in [5.74, 6) is -2.04. The minimum Gasteiger partial charge on any atom is -0.463 e. The number of carbonyl (C=O) groups is 2. The summed E-state index contributed by atoms with van der Waals surface area (Å²) in [4.78, 5) is 27.6. The summed E-state index contributed by atoms with van der Waals surface area (Å²) in [7, 11) is 3.53. The van der Waals surface area contributed by atoms with Crippen LogP contribution < -0.4 is 5.32 Å². The maximum absolute atomic E-state index is 12.7. The zero-order valence-electron chi connectivity index (χ0n) is 17.1. The van der Waals surface area contributed by atoms with Crippen LogP contribution >= 0.6 is 0 Å². The minimum absolute atomic E-state index is 0.0855. The van der Waals surface area contributed by atoms with E-state index in [1.165, 1.54) is 7.11 Å². The molecule has 0 amide bonds. The van der Waals surface area contributed by atoms with E-state index < -0.39 is 17.2 Å². The predicted octanol–water partition coefficient (Wildman–Crippen LogP) is 1.09. The fourth-order valence-corrected chi connectivity index (χ4v) is 4.83. The van der Waals surface area contributed by atoms with Crippen molar-refractivity contribution in [2.45, 2.75) is 63.7 Å². The molecule has 0 aromatic carbocycles. The van der Waals surface area contributed by atoms with Crippen LogP contribution in [0.4, 0.5) is 0 Å². The molecule has 0 bridgehead atoms. The molecule has 0 aromatic rings. The second kappa shape index (κ2) is 7.10. The molecule has 0 aromatic heterocycles. The maximum atomic E-state index is 12.7. The number of ketones is 1. The highest BCUT2D eigenvalue weighted by atomic mass is 16.6. The molecule has 3 aliphatic rings. The smallest absolute Gasteiger partial charge is 0.319 e. The van der Waals surface area contributed by atoms with Crippen LogP contribution in [0.5, 0.6) is 0 Å². The van der Waals surface area contributed by atoms with Gasteiger partial charge in [-0.25, -0.2) is 0 Å². The van der Waals surface area contributed by atoms with Crippen molar-refractivity contribution in [3.63, 3.8) is 0 Å². The van der Waals surface area contributed by atoms with Crippen LogP contribution in [-0.2, 0) is 19.1 Å². The van der Waals surface area contributed by atoms with Crippen LogP contribution in [0, 0.1) is 10.8 Å². The van der Waals surface area contributed by atoms with E-state index >= 15 is 0 Å². The molecular weight excluding hydrogens is 348 g/mol. The number of aliphatic hydroxyl groups is 1. The van der Waals surface area contributed by atoms with Gasteiger partial charge in [-0.3, -0.25) is 14.5 Å². The number of hydrogen-bond acceptors (Lipinski definition) is 7. The topological polar surface area (TPSA) is 88.1 Å². The molecule has 3 rings (SSSR count). The van der Waals surface area contributed by atoms with Gasteiger partial charge in [-0.2, -0.15) is 0 Å². The molecule has 2 spiro atoms. The number of carbonyl (C=O) groups excluding carboxylic acids is 2. The number of likely N-dealkylation sites (N-methyl/N-ethyl adjacent to an activating group) is 1. The summed E-state index contributed by atoms with van der Waals surface area (Å²) in [6.45, 7) is 6.35. The Morgan fingerprint density at radius 3 is 2.41 bits per heavy atom. The highest BCUT2D eigenvalue weighted by Gasteiger charge is 2.59. The summed E-state index contributed by atoms with van der Waals surface area (Å²) in [6, 6.07) is 0. The number of cyclic esters (lactones) is 1. The SMILES string of the molecule is CO[C@]1(O)CCCN(C)C2(COC(=O)C(C)(C)C(=O)CC1)CC1(CNC1)C2. The molecule has 1 atom stereocenters. The number of ether oxygens (including phenoxy) is 2. The van der Waals surface area contributed by atoms with Gasteiger partial charge in [0, 0.05) is 39.5 Å². The van der Waals surface area contributed by atoms with Crippen molar-refractivity contribution in [3.8, 4) is 0 Å². The highest BCUT2D eigenvalue weighted by Crippen LogP contribution is 2.54. The van der Waals surface area contributed by atoms with Gasteiger partial charge >= 0.3 is 5.97 Å². The minimum atomic E-state index is -1.34. The Bertz CT molecular complexity index is 593. The molecule has 7 heteroatoms. The summed E-state index contributed by atoms with van der Waals surface area (Å²) < 4.78 is 11.0. The van der Waals surface area contributed by atoms with Gasteiger partial charge in [0.1, 0.15) is 17.8 Å². The molecule has 2 saturated heterocycles. The molecule has 0 unspecified atom stereocenters. The second-order valence-corrected chi connectivity index (χ2v) is 9.48. The lowest BCUT2D eigenvalue weighted by molar-refractivity contribution is -0.197. The first-order valence-corrected chi connectivity index (χ1v) is 9.97. The van der Waals surface area contributed by atoms with Crippen LogP contribution in [0.2, 0.25) is 0 Å². The Morgan fingerprint density at radius 1 is 1.19 bits per heavy atom. The molecule has 7 nitrogen and oxygen atoms in total. The summed E-state index contributed by atoms with van der Waals surface area (Å²) in [6.07, 6.45) is 3.45. The maximum Gasteiger partial charge on any atom is 0.319 e. The Kier molecular flexibility index (Phi) is 5.45. The summed E-state index contributed by atoms with van der Waals surface area (Å²) in [5.41, 5.74) is -1.08. The van der Waals surface area contributed by atoms with Crippen molar-refractivity contribution in [1.29, 1.82) is 0 Å². The standard InChI is InChI=1S/C20H34N2O5/c1-17(2)15(23)6-8-20(25,26-4)7-5-9-22(3)19(14-27-16(17)24)10-18(11-19)12-21-13-18/h21,25H,5-14H2,1-4H3/t20-/m1/s1. The Morgan fingerprint density at radius 2 is 1.85 bits per heavy atom. The Labute approximate surface area is 161 Å². The van der Waals surface area contributed by atoms with Crippen LogP contribution in [0.15, 0.2) is 0 Å². The van der Waals surface area contributed by atoms with Crippen LogP contribution in [-0.4, -0.2) is 73.5 Å². The van der Waals surface area contributed by atoms with E-state index in [1.54, 1.807) is 13.8 Å². The summed E-state index contributed by atoms with van der Waals surface area (Å²) in [5, 5.41) is 14.0. The average Bonchev–Trinajstić information content (AvgIpc) is 2.56. The number of methoxy groups -OCH3 is 1. The van der Waals surface area contributed by atoms with Crippen molar-refractivity contribution in [2.24, 2.45) is 10.8 Å². The summed E-state index contributed by atoms with van der Waals surface area (Å²) >= 11 is 0. The predicted molar refractivity (Wildman–Crippen MR) is 100 cm³/mol. The van der Waals surface area contributed by atoms with Crippen LogP contribution in [0.25, 0.3) is 0 Å². The Balaban J connectivity index is 1.79. The van der Waals surface area contributed by atoms with Gasteiger partial charge in [0.05, 0.1) is 5.54 Å². The highest BCUT2D eigenvalue weighted by molar-refractivity contribution is 6.02. The van der Waals surface area contributed by atoms with Crippen LogP contribution in [0.1, 0.15) is 52.4 Å². The molecule has 1 saturated carbocycles. The first kappa shape index (κ1) is 20.7. The monoisotopic (exact) mass is 382 g/mol. The van der Waals surface area contributed by atoms with Crippen molar-refractivity contribution in [3.05, 3.63) is 0 Å². The number of Topliss-reactive ketones (excluding diaryl/α,β-unsaturated/α-hetero) is 1. The molecule has 154 valence electrons. The van der Waals surface area contributed by atoms with Gasteiger partial charge in [-0.05, 0) is 52.1 Å². The van der Waals surface area contributed by atoms with Gasteiger partial charge < -0.3 is 19.9 Å². The molecule has 2 N–H and O–H groups in total. The third-order valence-electron chi connectivity index (χ3n) is 7.08. The Hall–Kier alpha value is -1.02. The lowest BCUT2D eigenvalue weighted by Crippen LogP contribution is -2.72. The third kappa shape index (κ3) is 3.79. The first-order valence-electron chi connectivity index (χ1n) is 9.97. The van der Waals surface area contributed by atoms with E-state index in [2.05, 4.69) is 17.3 Å². The number of rotatable bonds is 1. The normalized spacial score (nSPS) is 34.0. The van der Waals surface area contributed by atoms with Gasteiger partial charge in [0.2, 0.25) is 0 Å². The van der Waals surface area contributed by atoms with Crippen molar-refractivity contribution in [1.82, 2.24) is 10.2 Å². The lowest BCUT2D eigenvalue weighted by atomic mass is 9.54. The van der Waals surface area contributed by atoms with Crippen LogP contribution in [0.3, 0.4) is 0 Å². The van der Waals surface area contributed by atoms with Crippen molar-refractivity contribution in [2.75, 3.05) is 40.4 Å². The quantitative estimate of drug-likeness (QED) is 0.399. The number of nitrogens with zero attached hydrogens (tertiary/aromatic N) is 1. The second-order valence-electron chi connectivity index (χ2n) is 9.48. The van der Waals surface area contributed by atoms with Crippen molar-refractivity contribution < 1.29 is 24.2 Å². The van der Waals surface area contributed by atoms with E-state index in [1.807, 2.05) is 0 Å². The van der Waals surface area contributed by atoms with Crippen molar-refractivity contribution >= 4 is 11.8 Å². The lowest BCUT2D eigenvalue weighted by Gasteiger charge is -2.63. The van der Waals surface area contributed by atoms with E-state index in [9.17, 15) is 14.7 Å². The molecule has 2 aliphatic heterocycles. The first-order chi connectivity index (χ1) is 12.6. The largest absolute Gasteiger partial charge is 0.463 e. The van der Waals surface area contributed by atoms with E-state index in [0.29, 0.717) is 18.4 Å². The molecule has 2 heterocycles. The molecule has 0 radical (unpaired) electrons. The van der Waals surface area contributed by atoms with Gasteiger partial charge in [0.25, 0.3) is 0 Å². The fraction of sp³-hybridized carbons (Fsp3) is 0.900. The van der Waals surface area contributed by atoms with E-state index in [0.717, 1.165) is 38.9 Å². The molecular formula is C20H34N2O5. The van der Waals surface area contributed by atoms with Gasteiger partial charge in [-0.1, -0.05) is 0 Å². The average molecular weight is 383 g/mol. The molecule has 3 fully saturated rings. The van der Waals surface area contributed by atoms with Gasteiger partial charge in [-0.15, -0.1) is 0 Å².